The molecule has 174 valence electrons. The van der Waals surface area contributed by atoms with Crippen molar-refractivity contribution in [1.82, 2.24) is 4.90 Å². The predicted molar refractivity (Wildman–Crippen MR) is 137 cm³/mol. The highest BCUT2D eigenvalue weighted by Gasteiger charge is 2.39. The summed E-state index contributed by atoms with van der Waals surface area (Å²) in [6, 6.07) is 10.3. The molecule has 0 radical (unpaired) electrons. The zero-order valence-electron chi connectivity index (χ0n) is 19.2. The fraction of sp³-hybridized carbons (Fsp3) is 0.481. The summed E-state index contributed by atoms with van der Waals surface area (Å²) in [4.78, 5) is 21.4. The van der Waals surface area contributed by atoms with E-state index in [0.717, 1.165) is 47.7 Å². The maximum Gasteiger partial charge on any atom is 0.267 e. The van der Waals surface area contributed by atoms with Crippen molar-refractivity contribution >= 4 is 40.5 Å². The van der Waals surface area contributed by atoms with Gasteiger partial charge < -0.3 is 4.42 Å². The number of amidine groups is 1. The smallest absolute Gasteiger partial charge is 0.267 e. The van der Waals surface area contributed by atoms with Gasteiger partial charge in [0.05, 0.1) is 10.9 Å². The second kappa shape index (κ2) is 10.1. The van der Waals surface area contributed by atoms with E-state index < -0.39 is 0 Å². The van der Waals surface area contributed by atoms with E-state index >= 15 is 0 Å². The highest BCUT2D eigenvalue weighted by molar-refractivity contribution is 8.18. The van der Waals surface area contributed by atoms with Crippen molar-refractivity contribution in [2.24, 2.45) is 4.99 Å². The van der Waals surface area contributed by atoms with Gasteiger partial charge in [-0.1, -0.05) is 56.2 Å². The number of benzene rings is 1. The number of aryl methyl sites for hydroxylation is 1. The lowest BCUT2D eigenvalue weighted by Crippen LogP contribution is -2.41. The van der Waals surface area contributed by atoms with Crippen molar-refractivity contribution in [2.75, 3.05) is 0 Å². The van der Waals surface area contributed by atoms with Crippen LogP contribution >= 0.6 is 23.4 Å². The molecular weight excluding hydrogens is 452 g/mol. The Morgan fingerprint density at radius 3 is 2.52 bits per heavy atom. The second-order valence-corrected chi connectivity index (χ2v) is 10.9. The minimum absolute atomic E-state index is 0.0818. The number of hydrogen-bond donors (Lipinski definition) is 0. The van der Waals surface area contributed by atoms with Crippen LogP contribution in [-0.4, -0.2) is 28.1 Å². The number of carbonyl (C=O) groups excluding carboxylic acids is 1. The molecule has 3 fully saturated rings. The zero-order valence-corrected chi connectivity index (χ0v) is 20.8. The molecule has 3 aliphatic rings. The number of amides is 1. The van der Waals surface area contributed by atoms with Gasteiger partial charge in [-0.25, -0.2) is 0 Å². The molecule has 33 heavy (non-hydrogen) atoms. The van der Waals surface area contributed by atoms with Gasteiger partial charge >= 0.3 is 0 Å². The minimum Gasteiger partial charge on any atom is -0.457 e. The van der Waals surface area contributed by atoms with E-state index in [9.17, 15) is 4.79 Å². The second-order valence-electron chi connectivity index (χ2n) is 9.44. The lowest BCUT2D eigenvalue weighted by Gasteiger charge is -2.31. The average molecular weight is 483 g/mol. The minimum atomic E-state index is 0.0818. The van der Waals surface area contributed by atoms with Crippen LogP contribution in [0.1, 0.15) is 75.5 Å². The Kier molecular flexibility index (Phi) is 6.98. The van der Waals surface area contributed by atoms with Crippen molar-refractivity contribution in [3.63, 3.8) is 0 Å². The lowest BCUT2D eigenvalue weighted by molar-refractivity contribution is -0.124. The van der Waals surface area contributed by atoms with Gasteiger partial charge in [0.1, 0.15) is 11.5 Å². The lowest BCUT2D eigenvalue weighted by atomic mass is 9.94. The van der Waals surface area contributed by atoms with Crippen molar-refractivity contribution in [1.29, 1.82) is 0 Å². The van der Waals surface area contributed by atoms with E-state index in [1.54, 1.807) is 0 Å². The van der Waals surface area contributed by atoms with Gasteiger partial charge in [0.25, 0.3) is 5.91 Å². The van der Waals surface area contributed by atoms with Crippen molar-refractivity contribution in [3.8, 4) is 11.3 Å². The normalized spacial score (nSPS) is 23.2. The summed E-state index contributed by atoms with van der Waals surface area (Å²) in [6.45, 7) is 2.04. The fourth-order valence-corrected chi connectivity index (χ4v) is 6.43. The van der Waals surface area contributed by atoms with E-state index in [1.807, 2.05) is 48.2 Å². The molecule has 2 saturated carbocycles. The first-order valence-corrected chi connectivity index (χ1v) is 13.5. The third-order valence-corrected chi connectivity index (χ3v) is 8.24. The number of rotatable bonds is 4. The van der Waals surface area contributed by atoms with Crippen LogP contribution in [0.4, 0.5) is 0 Å². The average Bonchev–Trinajstić information content (AvgIpc) is 3.41. The Bertz CT molecular complexity index is 1080. The summed E-state index contributed by atoms with van der Waals surface area (Å²) < 4.78 is 6.12. The fourth-order valence-electron chi connectivity index (χ4n) is 5.17. The van der Waals surface area contributed by atoms with Gasteiger partial charge in [-0.05, 0) is 74.2 Å². The molecule has 5 rings (SSSR count). The number of halogens is 1. The third kappa shape index (κ3) is 5.09. The van der Waals surface area contributed by atoms with Crippen LogP contribution in [0.2, 0.25) is 5.02 Å². The molecular formula is C27H31ClN2O2S. The van der Waals surface area contributed by atoms with Crippen LogP contribution in [0.15, 0.2) is 44.6 Å². The Hall–Kier alpha value is -1.98. The summed E-state index contributed by atoms with van der Waals surface area (Å²) in [5, 5.41) is 1.59. The molecule has 1 aliphatic heterocycles. The monoisotopic (exact) mass is 482 g/mol. The van der Waals surface area contributed by atoms with Crippen LogP contribution in [0.5, 0.6) is 0 Å². The molecule has 0 atom stereocenters. The largest absolute Gasteiger partial charge is 0.457 e. The molecule has 1 saturated heterocycles. The summed E-state index contributed by atoms with van der Waals surface area (Å²) in [5.41, 5.74) is 2.07. The molecule has 1 amide bonds. The van der Waals surface area contributed by atoms with Gasteiger partial charge in [-0.2, -0.15) is 0 Å². The van der Waals surface area contributed by atoms with Crippen LogP contribution in [0.3, 0.4) is 0 Å². The van der Waals surface area contributed by atoms with Gasteiger partial charge in [-0.3, -0.25) is 14.7 Å². The molecule has 0 N–H and O–H groups in total. The Balaban J connectivity index is 1.43. The maximum absolute atomic E-state index is 13.5. The van der Waals surface area contributed by atoms with E-state index in [4.69, 9.17) is 21.0 Å². The summed E-state index contributed by atoms with van der Waals surface area (Å²) in [6.07, 6.45) is 13.7. The first-order valence-electron chi connectivity index (χ1n) is 12.3. The first-order chi connectivity index (χ1) is 16.1. The Labute approximate surface area is 205 Å². The molecule has 0 bridgehead atoms. The topological polar surface area (TPSA) is 45.8 Å². The number of carbonyl (C=O) groups is 1. The van der Waals surface area contributed by atoms with Gasteiger partial charge in [0.2, 0.25) is 0 Å². The van der Waals surface area contributed by atoms with Crippen LogP contribution in [0.25, 0.3) is 17.4 Å². The van der Waals surface area contributed by atoms with Gasteiger partial charge in [0, 0.05) is 22.7 Å². The van der Waals surface area contributed by atoms with Crippen molar-refractivity contribution in [3.05, 3.63) is 51.6 Å². The predicted octanol–water partition coefficient (Wildman–Crippen LogP) is 7.85. The van der Waals surface area contributed by atoms with Crippen LogP contribution in [0, 0.1) is 6.92 Å². The van der Waals surface area contributed by atoms with E-state index in [1.165, 1.54) is 50.3 Å². The number of hydrogen-bond acceptors (Lipinski definition) is 4. The molecule has 0 unspecified atom stereocenters. The molecule has 1 aromatic carbocycles. The van der Waals surface area contributed by atoms with Crippen molar-refractivity contribution in [2.45, 2.75) is 83.2 Å². The van der Waals surface area contributed by atoms with Crippen LogP contribution < -0.4 is 0 Å². The van der Waals surface area contributed by atoms with E-state index in [0.29, 0.717) is 21.7 Å². The first kappa shape index (κ1) is 22.8. The molecule has 2 heterocycles. The van der Waals surface area contributed by atoms with Gasteiger partial charge in [0.15, 0.2) is 5.17 Å². The van der Waals surface area contributed by atoms with Crippen molar-refractivity contribution < 1.29 is 9.21 Å². The molecule has 2 aliphatic carbocycles. The third-order valence-electron chi connectivity index (χ3n) is 7.01. The number of furan rings is 1. The molecule has 1 aromatic heterocycles. The highest BCUT2D eigenvalue weighted by atomic mass is 35.5. The summed E-state index contributed by atoms with van der Waals surface area (Å²) in [7, 11) is 0. The molecule has 2 aromatic rings. The number of nitrogens with zero attached hydrogens (tertiary/aromatic N) is 2. The molecule has 4 nitrogen and oxygen atoms in total. The summed E-state index contributed by atoms with van der Waals surface area (Å²) in [5.74, 6) is 1.53. The molecule has 0 spiro atoms. The Morgan fingerprint density at radius 2 is 1.76 bits per heavy atom. The quantitative estimate of drug-likeness (QED) is 0.417. The zero-order chi connectivity index (χ0) is 22.8. The summed E-state index contributed by atoms with van der Waals surface area (Å²) >= 11 is 7.72. The number of aliphatic imine (C=N–C) groups is 1. The Morgan fingerprint density at radius 1 is 1.03 bits per heavy atom. The molecule has 6 heteroatoms. The SMILES string of the molecule is Cc1ccc(Cl)cc1-c1ccc(C=C2SC(=NC3CCCCC3)N(C3CCCCC3)C2=O)o1. The number of thioether (sulfide) groups is 1. The van der Waals surface area contributed by atoms with E-state index in [2.05, 4.69) is 0 Å². The maximum atomic E-state index is 13.5. The van der Waals surface area contributed by atoms with Crippen LogP contribution in [-0.2, 0) is 4.79 Å². The van der Waals surface area contributed by atoms with Gasteiger partial charge in [-0.15, -0.1) is 0 Å². The standard InChI is InChI=1S/C27H31ClN2O2S/c1-18-12-13-19(28)16-23(18)24-15-14-22(32-24)17-25-26(31)30(21-10-6-3-7-11-21)27(33-25)29-20-8-4-2-5-9-20/h12-17,20-21H,2-11H2,1H3. The van der Waals surface area contributed by atoms with E-state index in [-0.39, 0.29) is 11.9 Å². The highest BCUT2D eigenvalue weighted by Crippen LogP contribution is 2.39.